The van der Waals surface area contributed by atoms with Gasteiger partial charge in [0.15, 0.2) is 0 Å². The highest BCUT2D eigenvalue weighted by Crippen LogP contribution is 2.72. The van der Waals surface area contributed by atoms with Gasteiger partial charge in [0.2, 0.25) is 0 Å². The number of aliphatic hydroxyl groups is 1. The lowest BCUT2D eigenvalue weighted by Crippen LogP contribution is -2.71. The lowest BCUT2D eigenvalue weighted by molar-refractivity contribution is -0.287. The van der Waals surface area contributed by atoms with Crippen LogP contribution >= 0.6 is 0 Å². The summed E-state index contributed by atoms with van der Waals surface area (Å²) in [6.07, 6.45) is 8.43. The van der Waals surface area contributed by atoms with Gasteiger partial charge >= 0.3 is 0 Å². The molecule has 7 aliphatic carbocycles. The van der Waals surface area contributed by atoms with E-state index in [1.54, 1.807) is 0 Å². The standard InChI is InChI=1S/C14H20O/c15-14-6-8-2-10-9-1-7(4-12(10)14)5-13(14)11(9)3-8/h7-13,15H,1-6H2/t7?,8?,9?,10-,11+,12+,13-,14?. The minimum absolute atomic E-state index is 0.177. The van der Waals surface area contributed by atoms with Crippen molar-refractivity contribution in [1.82, 2.24) is 0 Å². The minimum atomic E-state index is -0.177. The molecular formula is C14H20O. The number of hydrogen-bond donors (Lipinski definition) is 1. The zero-order chi connectivity index (χ0) is 9.78. The number of rotatable bonds is 0. The van der Waals surface area contributed by atoms with Crippen molar-refractivity contribution in [2.24, 2.45) is 41.4 Å². The Morgan fingerprint density at radius 2 is 1.33 bits per heavy atom. The van der Waals surface area contributed by atoms with Gasteiger partial charge in [0.05, 0.1) is 5.60 Å². The Kier molecular flexibility index (Phi) is 1.17. The Bertz CT molecular complexity index is 312. The summed E-state index contributed by atoms with van der Waals surface area (Å²) < 4.78 is 0. The van der Waals surface area contributed by atoms with Gasteiger partial charge < -0.3 is 5.11 Å². The van der Waals surface area contributed by atoms with Crippen LogP contribution in [0.5, 0.6) is 0 Å². The Morgan fingerprint density at radius 1 is 0.733 bits per heavy atom. The molecule has 0 radical (unpaired) electrons. The van der Waals surface area contributed by atoms with Gasteiger partial charge in [-0.2, -0.15) is 0 Å². The first-order chi connectivity index (χ1) is 7.25. The molecule has 82 valence electrons. The summed E-state index contributed by atoms with van der Waals surface area (Å²) in [5, 5.41) is 11.0. The monoisotopic (exact) mass is 204 g/mol. The van der Waals surface area contributed by atoms with Crippen molar-refractivity contribution in [1.29, 1.82) is 0 Å². The van der Waals surface area contributed by atoms with Crippen molar-refractivity contribution < 1.29 is 5.11 Å². The second kappa shape index (κ2) is 2.16. The Labute approximate surface area is 91.2 Å². The highest BCUT2D eigenvalue weighted by atomic mass is 16.3. The molecule has 7 rings (SSSR count). The molecule has 0 spiro atoms. The maximum atomic E-state index is 11.0. The maximum Gasteiger partial charge on any atom is 0.0712 e. The van der Waals surface area contributed by atoms with Crippen LogP contribution in [-0.4, -0.2) is 10.7 Å². The molecule has 1 N–H and O–H groups in total. The van der Waals surface area contributed by atoms with E-state index in [1.165, 1.54) is 38.5 Å². The molecule has 0 amide bonds. The summed E-state index contributed by atoms with van der Waals surface area (Å²) in [6, 6.07) is 0. The van der Waals surface area contributed by atoms with Crippen LogP contribution in [0.25, 0.3) is 0 Å². The molecule has 7 saturated carbocycles. The zero-order valence-corrected chi connectivity index (χ0v) is 9.23. The smallest absolute Gasteiger partial charge is 0.0712 e. The third kappa shape index (κ3) is 0.712. The van der Waals surface area contributed by atoms with Crippen LogP contribution in [0, 0.1) is 41.4 Å². The minimum Gasteiger partial charge on any atom is -0.389 e. The van der Waals surface area contributed by atoms with E-state index in [4.69, 9.17) is 0 Å². The molecule has 15 heavy (non-hydrogen) atoms. The summed E-state index contributed by atoms with van der Waals surface area (Å²) >= 11 is 0. The molecular weight excluding hydrogens is 184 g/mol. The Morgan fingerprint density at radius 3 is 2.00 bits per heavy atom. The second-order valence-electron chi connectivity index (χ2n) is 7.31. The van der Waals surface area contributed by atoms with Crippen molar-refractivity contribution in [3.05, 3.63) is 0 Å². The summed E-state index contributed by atoms with van der Waals surface area (Å²) in [5.41, 5.74) is -0.177. The number of hydrogen-bond acceptors (Lipinski definition) is 1. The fourth-order valence-corrected chi connectivity index (χ4v) is 6.91. The third-order valence-electron chi connectivity index (χ3n) is 7.02. The van der Waals surface area contributed by atoms with Crippen molar-refractivity contribution in [2.75, 3.05) is 0 Å². The fraction of sp³-hybridized carbons (Fsp3) is 1.00. The normalized spacial score (nSPS) is 73.0. The van der Waals surface area contributed by atoms with E-state index in [2.05, 4.69) is 0 Å². The van der Waals surface area contributed by atoms with Crippen LogP contribution in [-0.2, 0) is 0 Å². The highest BCUT2D eigenvalue weighted by molar-refractivity contribution is 5.19. The topological polar surface area (TPSA) is 20.2 Å². The van der Waals surface area contributed by atoms with Gasteiger partial charge in [-0.1, -0.05) is 0 Å². The quantitative estimate of drug-likeness (QED) is 0.642. The van der Waals surface area contributed by atoms with E-state index >= 15 is 0 Å². The van der Waals surface area contributed by atoms with Crippen LogP contribution in [0.1, 0.15) is 38.5 Å². The molecule has 0 aromatic heterocycles. The first kappa shape index (κ1) is 8.11. The maximum absolute atomic E-state index is 11.0. The molecule has 1 heteroatoms. The lowest BCUT2D eigenvalue weighted by Gasteiger charge is -2.72. The molecule has 7 fully saturated rings. The molecule has 0 aromatic rings. The Hall–Kier alpha value is -0.0400. The van der Waals surface area contributed by atoms with E-state index in [0.29, 0.717) is 0 Å². The SMILES string of the molecule is OC12CC3C[C@@H]4C5CC(C[C@@H]1[C@H]5C3)C[C@@H]42. The van der Waals surface area contributed by atoms with Crippen LogP contribution in [0.2, 0.25) is 0 Å². The van der Waals surface area contributed by atoms with Crippen LogP contribution in [0.4, 0.5) is 0 Å². The predicted molar refractivity (Wildman–Crippen MR) is 57.1 cm³/mol. The first-order valence-corrected chi connectivity index (χ1v) is 6.98. The molecule has 1 nitrogen and oxygen atoms in total. The lowest BCUT2D eigenvalue weighted by atomic mass is 9.34. The van der Waals surface area contributed by atoms with Gasteiger partial charge in [0.1, 0.15) is 0 Å². The average Bonchev–Trinajstić information content (AvgIpc) is 2.24. The van der Waals surface area contributed by atoms with Crippen molar-refractivity contribution in [3.8, 4) is 0 Å². The van der Waals surface area contributed by atoms with Crippen molar-refractivity contribution >= 4 is 0 Å². The van der Waals surface area contributed by atoms with Gasteiger partial charge in [-0.15, -0.1) is 0 Å². The second-order valence-corrected chi connectivity index (χ2v) is 7.31. The van der Waals surface area contributed by atoms with Crippen LogP contribution in [0.3, 0.4) is 0 Å². The summed E-state index contributed by atoms with van der Waals surface area (Å²) in [7, 11) is 0. The first-order valence-electron chi connectivity index (χ1n) is 6.98. The summed E-state index contributed by atoms with van der Waals surface area (Å²) in [5.74, 6) is 6.31. The van der Waals surface area contributed by atoms with E-state index in [0.717, 1.165) is 41.4 Å². The van der Waals surface area contributed by atoms with Gasteiger partial charge in [-0.3, -0.25) is 0 Å². The van der Waals surface area contributed by atoms with Gasteiger partial charge in [-0.25, -0.2) is 0 Å². The third-order valence-corrected chi connectivity index (χ3v) is 7.02. The molecule has 8 bridgehead atoms. The zero-order valence-electron chi connectivity index (χ0n) is 9.23. The van der Waals surface area contributed by atoms with E-state index in [1.807, 2.05) is 0 Å². The summed E-state index contributed by atoms with van der Waals surface area (Å²) in [6.45, 7) is 0. The van der Waals surface area contributed by atoms with Crippen molar-refractivity contribution in [2.45, 2.75) is 44.1 Å². The summed E-state index contributed by atoms with van der Waals surface area (Å²) in [4.78, 5) is 0. The molecule has 7 aliphatic rings. The molecule has 0 aromatic carbocycles. The van der Waals surface area contributed by atoms with E-state index in [9.17, 15) is 5.11 Å². The average molecular weight is 204 g/mol. The molecule has 8 atom stereocenters. The van der Waals surface area contributed by atoms with Crippen LogP contribution < -0.4 is 0 Å². The van der Waals surface area contributed by atoms with Gasteiger partial charge in [-0.05, 0) is 80.0 Å². The highest BCUT2D eigenvalue weighted by Gasteiger charge is 2.69. The molecule has 0 saturated heterocycles. The van der Waals surface area contributed by atoms with E-state index in [-0.39, 0.29) is 5.60 Å². The van der Waals surface area contributed by atoms with E-state index < -0.39 is 0 Å². The molecule has 4 unspecified atom stereocenters. The largest absolute Gasteiger partial charge is 0.389 e. The molecule has 0 heterocycles. The fourth-order valence-electron chi connectivity index (χ4n) is 6.91. The Balaban J connectivity index is 1.73. The van der Waals surface area contributed by atoms with Crippen LogP contribution in [0.15, 0.2) is 0 Å². The van der Waals surface area contributed by atoms with Gasteiger partial charge in [0, 0.05) is 0 Å². The van der Waals surface area contributed by atoms with Crippen molar-refractivity contribution in [3.63, 3.8) is 0 Å². The van der Waals surface area contributed by atoms with Gasteiger partial charge in [0.25, 0.3) is 0 Å². The molecule has 0 aliphatic heterocycles. The predicted octanol–water partition coefficient (Wildman–Crippen LogP) is 2.44.